The quantitative estimate of drug-likeness (QED) is 0.687. The Bertz CT molecular complexity index is 427. The zero-order valence-corrected chi connectivity index (χ0v) is 10.3. The molecule has 1 aromatic carbocycles. The van der Waals surface area contributed by atoms with Crippen molar-refractivity contribution in [2.45, 2.75) is 40.7 Å². The van der Waals surface area contributed by atoms with Gasteiger partial charge in [-0.3, -0.25) is 4.68 Å². The topological polar surface area (TPSA) is 17.8 Å². The fourth-order valence-corrected chi connectivity index (χ4v) is 1.64. The highest BCUT2D eigenvalue weighted by molar-refractivity contribution is 5.81. The van der Waals surface area contributed by atoms with Gasteiger partial charge in [-0.15, -0.1) is 0 Å². The van der Waals surface area contributed by atoms with Crippen molar-refractivity contribution in [3.63, 3.8) is 0 Å². The maximum absolute atomic E-state index is 4.51. The molecule has 2 rings (SSSR count). The minimum Gasteiger partial charge on any atom is -0.262 e. The third-order valence-corrected chi connectivity index (χ3v) is 2.29. The summed E-state index contributed by atoms with van der Waals surface area (Å²) in [5, 5.41) is 5.77. The van der Waals surface area contributed by atoms with E-state index < -0.39 is 0 Å². The van der Waals surface area contributed by atoms with E-state index >= 15 is 0 Å². The molecular formula is C13H20N2. The van der Waals surface area contributed by atoms with Crippen LogP contribution in [0, 0.1) is 6.92 Å². The van der Waals surface area contributed by atoms with Crippen LogP contribution in [-0.4, -0.2) is 9.78 Å². The van der Waals surface area contributed by atoms with Crippen LogP contribution in [0.1, 0.15) is 39.4 Å². The van der Waals surface area contributed by atoms with Crippen molar-refractivity contribution in [3.05, 3.63) is 30.0 Å². The Balaban J connectivity index is 0.000000531. The predicted molar refractivity (Wildman–Crippen MR) is 66.2 cm³/mol. The van der Waals surface area contributed by atoms with Gasteiger partial charge in [-0.2, -0.15) is 5.10 Å². The Hall–Kier alpha value is -1.31. The van der Waals surface area contributed by atoms with E-state index in [2.05, 4.69) is 54.8 Å². The van der Waals surface area contributed by atoms with Gasteiger partial charge in [-0.1, -0.05) is 32.0 Å². The summed E-state index contributed by atoms with van der Waals surface area (Å²) < 4.78 is 2.07. The van der Waals surface area contributed by atoms with Crippen molar-refractivity contribution >= 4 is 10.9 Å². The van der Waals surface area contributed by atoms with E-state index in [0.29, 0.717) is 6.04 Å². The van der Waals surface area contributed by atoms with Crippen molar-refractivity contribution in [2.75, 3.05) is 0 Å². The Labute approximate surface area is 91.9 Å². The van der Waals surface area contributed by atoms with Gasteiger partial charge in [-0.25, -0.2) is 0 Å². The molecule has 82 valence electrons. The van der Waals surface area contributed by atoms with Crippen molar-refractivity contribution < 1.29 is 0 Å². The van der Waals surface area contributed by atoms with E-state index in [9.17, 15) is 0 Å². The molecule has 2 heteroatoms. The van der Waals surface area contributed by atoms with Gasteiger partial charge in [0.1, 0.15) is 0 Å². The summed E-state index contributed by atoms with van der Waals surface area (Å²) in [7, 11) is 0. The Morgan fingerprint density at radius 2 is 1.73 bits per heavy atom. The second-order valence-corrected chi connectivity index (χ2v) is 3.64. The van der Waals surface area contributed by atoms with Crippen LogP contribution in [0.2, 0.25) is 0 Å². The highest BCUT2D eigenvalue weighted by atomic mass is 15.3. The first-order chi connectivity index (χ1) is 7.20. The number of aryl methyl sites for hydroxylation is 1. The molecule has 2 nitrogen and oxygen atoms in total. The minimum absolute atomic E-state index is 0.429. The van der Waals surface area contributed by atoms with Gasteiger partial charge in [0.25, 0.3) is 0 Å². The molecule has 0 atom stereocenters. The van der Waals surface area contributed by atoms with Crippen LogP contribution in [-0.2, 0) is 0 Å². The van der Waals surface area contributed by atoms with E-state index in [4.69, 9.17) is 0 Å². The van der Waals surface area contributed by atoms with Gasteiger partial charge < -0.3 is 0 Å². The van der Waals surface area contributed by atoms with Gasteiger partial charge >= 0.3 is 0 Å². The maximum atomic E-state index is 4.51. The first kappa shape index (κ1) is 11.8. The third-order valence-electron chi connectivity index (χ3n) is 2.29. The van der Waals surface area contributed by atoms with Crippen LogP contribution in [0.5, 0.6) is 0 Å². The lowest BCUT2D eigenvalue weighted by molar-refractivity contribution is 0.547. The lowest BCUT2D eigenvalue weighted by Crippen LogP contribution is -2.02. The van der Waals surface area contributed by atoms with Crippen LogP contribution < -0.4 is 0 Å². The van der Waals surface area contributed by atoms with Gasteiger partial charge in [0.15, 0.2) is 0 Å². The summed E-state index contributed by atoms with van der Waals surface area (Å²) >= 11 is 0. The average Bonchev–Trinajstić information content (AvgIpc) is 2.60. The SMILES string of the molecule is CC.Cc1nn(C(C)C)c2ccccc12. The number of hydrogen-bond acceptors (Lipinski definition) is 1. The molecule has 0 saturated carbocycles. The van der Waals surface area contributed by atoms with E-state index in [1.54, 1.807) is 0 Å². The molecule has 0 bridgehead atoms. The highest BCUT2D eigenvalue weighted by Gasteiger charge is 2.07. The number of aromatic nitrogens is 2. The van der Waals surface area contributed by atoms with Crippen LogP contribution in [0.25, 0.3) is 10.9 Å². The van der Waals surface area contributed by atoms with E-state index in [1.165, 1.54) is 10.9 Å². The Kier molecular flexibility index (Phi) is 3.89. The third kappa shape index (κ3) is 2.20. The van der Waals surface area contributed by atoms with Crippen molar-refractivity contribution in [3.8, 4) is 0 Å². The first-order valence-electron chi connectivity index (χ1n) is 5.64. The zero-order valence-electron chi connectivity index (χ0n) is 10.3. The maximum Gasteiger partial charge on any atom is 0.0688 e. The van der Waals surface area contributed by atoms with Gasteiger partial charge in [0.2, 0.25) is 0 Å². The van der Waals surface area contributed by atoms with E-state index in [0.717, 1.165) is 5.69 Å². The summed E-state index contributed by atoms with van der Waals surface area (Å²) in [5.74, 6) is 0. The summed E-state index contributed by atoms with van der Waals surface area (Å²) in [5.41, 5.74) is 2.35. The summed E-state index contributed by atoms with van der Waals surface area (Å²) in [6.45, 7) is 10.4. The number of benzene rings is 1. The van der Waals surface area contributed by atoms with E-state index in [1.807, 2.05) is 13.8 Å². The first-order valence-corrected chi connectivity index (χ1v) is 5.64. The molecule has 2 aromatic rings. The second-order valence-electron chi connectivity index (χ2n) is 3.64. The molecule has 0 radical (unpaired) electrons. The lowest BCUT2D eigenvalue weighted by Gasteiger charge is -2.05. The van der Waals surface area contributed by atoms with Crippen LogP contribution in [0.4, 0.5) is 0 Å². The molecule has 0 aliphatic carbocycles. The smallest absolute Gasteiger partial charge is 0.0688 e. The van der Waals surface area contributed by atoms with E-state index in [-0.39, 0.29) is 0 Å². The lowest BCUT2D eigenvalue weighted by atomic mass is 10.2. The van der Waals surface area contributed by atoms with Gasteiger partial charge in [0.05, 0.1) is 11.2 Å². The average molecular weight is 204 g/mol. The second kappa shape index (κ2) is 4.96. The number of nitrogens with zero attached hydrogens (tertiary/aromatic N) is 2. The molecule has 0 spiro atoms. The normalized spacial score (nSPS) is 10.3. The van der Waals surface area contributed by atoms with Gasteiger partial charge in [0, 0.05) is 11.4 Å². The highest BCUT2D eigenvalue weighted by Crippen LogP contribution is 2.20. The summed E-state index contributed by atoms with van der Waals surface area (Å²) in [6.07, 6.45) is 0. The van der Waals surface area contributed by atoms with Crippen LogP contribution in [0.3, 0.4) is 0 Å². The zero-order chi connectivity index (χ0) is 11.4. The largest absolute Gasteiger partial charge is 0.262 e. The van der Waals surface area contributed by atoms with Crippen molar-refractivity contribution in [1.82, 2.24) is 9.78 Å². The molecule has 0 saturated heterocycles. The number of rotatable bonds is 1. The number of para-hydroxylation sites is 1. The fourth-order valence-electron chi connectivity index (χ4n) is 1.64. The number of fused-ring (bicyclic) bond motifs is 1. The summed E-state index contributed by atoms with van der Waals surface area (Å²) in [6, 6.07) is 8.79. The van der Waals surface area contributed by atoms with Crippen molar-refractivity contribution in [1.29, 1.82) is 0 Å². The fraction of sp³-hybridized carbons (Fsp3) is 0.462. The van der Waals surface area contributed by atoms with Gasteiger partial charge in [-0.05, 0) is 26.8 Å². The monoisotopic (exact) mass is 204 g/mol. The molecule has 15 heavy (non-hydrogen) atoms. The molecular weight excluding hydrogens is 184 g/mol. The molecule has 0 N–H and O–H groups in total. The predicted octanol–water partition coefficient (Wildman–Crippen LogP) is 3.95. The van der Waals surface area contributed by atoms with Crippen LogP contribution in [0.15, 0.2) is 24.3 Å². The Morgan fingerprint density at radius 3 is 2.33 bits per heavy atom. The molecule has 0 amide bonds. The summed E-state index contributed by atoms with van der Waals surface area (Å²) in [4.78, 5) is 0. The standard InChI is InChI=1S/C11H14N2.C2H6/c1-8(2)13-11-7-5-4-6-10(11)9(3)12-13;1-2/h4-8H,1-3H3;1-2H3. The number of hydrogen-bond donors (Lipinski definition) is 0. The molecule has 0 unspecified atom stereocenters. The molecule has 1 heterocycles. The Morgan fingerprint density at radius 1 is 1.13 bits per heavy atom. The molecule has 0 fully saturated rings. The molecule has 1 aromatic heterocycles. The molecule has 0 aliphatic heterocycles. The minimum atomic E-state index is 0.429. The van der Waals surface area contributed by atoms with Crippen molar-refractivity contribution in [2.24, 2.45) is 0 Å². The van der Waals surface area contributed by atoms with Crippen LogP contribution >= 0.6 is 0 Å². The molecule has 0 aliphatic rings.